The molecule has 1 aromatic carbocycles. The lowest BCUT2D eigenvalue weighted by molar-refractivity contribution is 0.0992. The van der Waals surface area contributed by atoms with E-state index in [0.29, 0.717) is 17.7 Å². The Morgan fingerprint density at radius 3 is 2.67 bits per heavy atom. The number of carbonyl (C=O) groups is 1. The lowest BCUT2D eigenvalue weighted by Gasteiger charge is -2.04. The quantitative estimate of drug-likeness (QED) is 0.515. The number of allylic oxidation sites excluding steroid dienone is 1. The minimum atomic E-state index is 0.0647. The molecule has 0 aliphatic rings. The van der Waals surface area contributed by atoms with Crippen molar-refractivity contribution in [3.63, 3.8) is 0 Å². The molecule has 0 aromatic heterocycles. The molecular weight excluding hydrogens is 254 g/mol. The topological polar surface area (TPSA) is 43.1 Å². The number of Topliss-reactive ketones (excluding diaryl/α,β-unsaturated/α-hetero) is 1. The van der Waals surface area contributed by atoms with Crippen molar-refractivity contribution in [2.45, 2.75) is 19.8 Å². The number of benzene rings is 1. The zero-order valence-electron chi connectivity index (χ0n) is 8.72. The van der Waals surface area contributed by atoms with E-state index in [2.05, 4.69) is 22.5 Å². The lowest BCUT2D eigenvalue weighted by atomic mass is 10.0. The van der Waals surface area contributed by atoms with E-state index in [4.69, 9.17) is 5.73 Å². The third-order valence-electron chi connectivity index (χ3n) is 2.15. The first-order chi connectivity index (χ1) is 7.02. The Bertz CT molecular complexity index is 378. The molecule has 15 heavy (non-hydrogen) atoms. The van der Waals surface area contributed by atoms with Crippen LogP contribution in [-0.4, -0.2) is 5.78 Å². The molecule has 0 unspecified atom stereocenters. The average Bonchev–Trinajstić information content (AvgIpc) is 2.16. The molecule has 1 aromatic rings. The summed E-state index contributed by atoms with van der Waals surface area (Å²) in [6.07, 6.45) is 1.22. The summed E-state index contributed by atoms with van der Waals surface area (Å²) in [5.41, 5.74) is 7.83. The van der Waals surface area contributed by atoms with Gasteiger partial charge in [-0.05, 0) is 24.6 Å². The first-order valence-corrected chi connectivity index (χ1v) is 5.58. The zero-order chi connectivity index (χ0) is 11.4. The molecule has 3 heteroatoms. The standard InChI is InChI=1S/C12H14BrNO/c1-3-8(2)4-12(15)9-5-10(13)7-11(14)6-9/h5-7H,2-4,14H2,1H3. The normalized spacial score (nSPS) is 10.0. The van der Waals surface area contributed by atoms with Crippen LogP contribution in [0, 0.1) is 0 Å². The minimum Gasteiger partial charge on any atom is -0.399 e. The van der Waals surface area contributed by atoms with Crippen LogP contribution in [0.15, 0.2) is 34.8 Å². The summed E-state index contributed by atoms with van der Waals surface area (Å²) in [7, 11) is 0. The van der Waals surface area contributed by atoms with Crippen molar-refractivity contribution in [3.05, 3.63) is 40.4 Å². The van der Waals surface area contributed by atoms with E-state index in [1.807, 2.05) is 6.92 Å². The van der Waals surface area contributed by atoms with Gasteiger partial charge in [0.25, 0.3) is 0 Å². The van der Waals surface area contributed by atoms with Gasteiger partial charge in [0.2, 0.25) is 0 Å². The van der Waals surface area contributed by atoms with Crippen LogP contribution in [0.5, 0.6) is 0 Å². The van der Waals surface area contributed by atoms with Crippen LogP contribution >= 0.6 is 15.9 Å². The van der Waals surface area contributed by atoms with E-state index >= 15 is 0 Å². The van der Waals surface area contributed by atoms with Gasteiger partial charge in [0.05, 0.1) is 0 Å². The van der Waals surface area contributed by atoms with Crippen LogP contribution in [0.25, 0.3) is 0 Å². The number of ketones is 1. The summed E-state index contributed by atoms with van der Waals surface area (Å²) in [6, 6.07) is 5.24. The second kappa shape index (κ2) is 5.12. The van der Waals surface area contributed by atoms with E-state index in [0.717, 1.165) is 16.5 Å². The molecule has 0 atom stereocenters. The Morgan fingerprint density at radius 1 is 1.47 bits per heavy atom. The number of anilines is 1. The maximum atomic E-state index is 11.8. The number of hydrogen-bond acceptors (Lipinski definition) is 2. The van der Waals surface area contributed by atoms with Crippen LogP contribution in [0.1, 0.15) is 30.1 Å². The van der Waals surface area contributed by atoms with Crippen LogP contribution in [-0.2, 0) is 0 Å². The molecule has 0 radical (unpaired) electrons. The van der Waals surface area contributed by atoms with E-state index in [-0.39, 0.29) is 5.78 Å². The number of nitrogens with two attached hydrogens (primary N) is 1. The molecule has 1 rings (SSSR count). The molecule has 0 amide bonds. The van der Waals surface area contributed by atoms with E-state index in [9.17, 15) is 4.79 Å². The van der Waals surface area contributed by atoms with Crippen molar-refractivity contribution in [1.29, 1.82) is 0 Å². The van der Waals surface area contributed by atoms with Gasteiger partial charge < -0.3 is 5.73 Å². The zero-order valence-corrected chi connectivity index (χ0v) is 10.3. The Balaban J connectivity index is 2.86. The van der Waals surface area contributed by atoms with Crippen molar-refractivity contribution >= 4 is 27.4 Å². The third-order valence-corrected chi connectivity index (χ3v) is 2.61. The second-order valence-electron chi connectivity index (χ2n) is 3.48. The predicted octanol–water partition coefficient (Wildman–Crippen LogP) is 3.57. The minimum absolute atomic E-state index is 0.0647. The summed E-state index contributed by atoms with van der Waals surface area (Å²) >= 11 is 3.31. The lowest BCUT2D eigenvalue weighted by Crippen LogP contribution is -2.01. The fourth-order valence-electron chi connectivity index (χ4n) is 1.23. The molecular formula is C12H14BrNO. The third kappa shape index (κ3) is 3.51. The predicted molar refractivity (Wildman–Crippen MR) is 66.9 cm³/mol. The van der Waals surface area contributed by atoms with Gasteiger partial charge in [0.15, 0.2) is 5.78 Å². The molecule has 2 nitrogen and oxygen atoms in total. The van der Waals surface area contributed by atoms with Crippen LogP contribution in [0.2, 0.25) is 0 Å². The van der Waals surface area contributed by atoms with Crippen molar-refractivity contribution in [2.24, 2.45) is 0 Å². The second-order valence-corrected chi connectivity index (χ2v) is 4.39. The number of hydrogen-bond donors (Lipinski definition) is 1. The molecule has 80 valence electrons. The highest BCUT2D eigenvalue weighted by atomic mass is 79.9. The van der Waals surface area contributed by atoms with Crippen LogP contribution in [0.4, 0.5) is 5.69 Å². The van der Waals surface area contributed by atoms with E-state index in [1.165, 1.54) is 0 Å². The Kier molecular flexibility index (Phi) is 4.09. The molecule has 0 aliphatic heterocycles. The van der Waals surface area contributed by atoms with Crippen LogP contribution < -0.4 is 5.73 Å². The highest BCUT2D eigenvalue weighted by molar-refractivity contribution is 9.10. The average molecular weight is 268 g/mol. The fourth-order valence-corrected chi connectivity index (χ4v) is 1.74. The number of rotatable bonds is 4. The summed E-state index contributed by atoms with van der Waals surface area (Å²) in [4.78, 5) is 11.8. The molecule has 0 fully saturated rings. The molecule has 0 heterocycles. The van der Waals surface area contributed by atoms with Gasteiger partial charge in [-0.1, -0.05) is 35.0 Å². The van der Waals surface area contributed by atoms with Crippen molar-refractivity contribution in [1.82, 2.24) is 0 Å². The maximum Gasteiger partial charge on any atom is 0.166 e. The van der Waals surface area contributed by atoms with Crippen molar-refractivity contribution in [3.8, 4) is 0 Å². The monoisotopic (exact) mass is 267 g/mol. The number of nitrogen functional groups attached to an aromatic ring is 1. The first kappa shape index (κ1) is 12.0. The molecule has 0 saturated carbocycles. The van der Waals surface area contributed by atoms with Gasteiger partial charge >= 0.3 is 0 Å². The smallest absolute Gasteiger partial charge is 0.166 e. The van der Waals surface area contributed by atoms with E-state index < -0.39 is 0 Å². The van der Waals surface area contributed by atoms with Crippen LogP contribution in [0.3, 0.4) is 0 Å². The SMILES string of the molecule is C=C(CC)CC(=O)c1cc(N)cc(Br)c1. The summed E-state index contributed by atoms with van der Waals surface area (Å²) < 4.78 is 0.827. The van der Waals surface area contributed by atoms with E-state index in [1.54, 1.807) is 18.2 Å². The maximum absolute atomic E-state index is 11.8. The summed E-state index contributed by atoms with van der Waals surface area (Å²) in [6.45, 7) is 5.81. The molecule has 0 aliphatic carbocycles. The molecule has 2 N–H and O–H groups in total. The Labute approximate surface area is 98.3 Å². The van der Waals surface area contributed by atoms with Crippen molar-refractivity contribution < 1.29 is 4.79 Å². The molecule has 0 bridgehead atoms. The summed E-state index contributed by atoms with van der Waals surface area (Å²) in [5.74, 6) is 0.0647. The molecule has 0 spiro atoms. The van der Waals surface area contributed by atoms with Gasteiger partial charge in [-0.2, -0.15) is 0 Å². The van der Waals surface area contributed by atoms with Gasteiger partial charge in [-0.25, -0.2) is 0 Å². The fraction of sp³-hybridized carbons (Fsp3) is 0.250. The number of carbonyl (C=O) groups excluding carboxylic acids is 1. The highest BCUT2D eigenvalue weighted by Gasteiger charge is 2.08. The molecule has 0 saturated heterocycles. The van der Waals surface area contributed by atoms with Crippen molar-refractivity contribution in [2.75, 3.05) is 5.73 Å². The van der Waals surface area contributed by atoms with Gasteiger partial charge in [0, 0.05) is 22.1 Å². The van der Waals surface area contributed by atoms with Gasteiger partial charge in [0.1, 0.15) is 0 Å². The number of halogens is 1. The Hall–Kier alpha value is -1.09. The Morgan fingerprint density at radius 2 is 2.13 bits per heavy atom. The highest BCUT2D eigenvalue weighted by Crippen LogP contribution is 2.19. The largest absolute Gasteiger partial charge is 0.399 e. The first-order valence-electron chi connectivity index (χ1n) is 4.79. The van der Waals surface area contributed by atoms with Gasteiger partial charge in [-0.15, -0.1) is 0 Å². The summed E-state index contributed by atoms with van der Waals surface area (Å²) in [5, 5.41) is 0. The van der Waals surface area contributed by atoms with Gasteiger partial charge in [-0.3, -0.25) is 4.79 Å².